The minimum Gasteiger partial charge on any atom is -0.342 e. The molecule has 0 radical (unpaired) electrons. The number of hydrogen-bond donors (Lipinski definition) is 1. The van der Waals surface area contributed by atoms with Crippen molar-refractivity contribution in [3.05, 3.63) is 29.7 Å². The summed E-state index contributed by atoms with van der Waals surface area (Å²) in [5, 5.41) is 10.7. The Bertz CT molecular complexity index is 607. The van der Waals surface area contributed by atoms with Crippen molar-refractivity contribution in [2.24, 2.45) is 0 Å². The quantitative estimate of drug-likeness (QED) is 0.910. The summed E-state index contributed by atoms with van der Waals surface area (Å²) in [6.07, 6.45) is 7.98. The van der Waals surface area contributed by atoms with Crippen molar-refractivity contribution in [1.29, 1.82) is 0 Å². The molecular weight excluding hydrogens is 282 g/mol. The third-order valence-electron chi connectivity index (χ3n) is 4.09. The van der Waals surface area contributed by atoms with Crippen LogP contribution in [-0.4, -0.2) is 44.2 Å². The van der Waals surface area contributed by atoms with E-state index in [1.54, 1.807) is 13.1 Å². The summed E-state index contributed by atoms with van der Waals surface area (Å²) in [7, 11) is 0. The molecule has 1 unspecified atom stereocenters. The Kier molecular flexibility index (Phi) is 4.50. The second-order valence-electron chi connectivity index (χ2n) is 5.81. The lowest BCUT2D eigenvalue weighted by Gasteiger charge is -2.31. The zero-order chi connectivity index (χ0) is 15.4. The van der Waals surface area contributed by atoms with Gasteiger partial charge in [-0.3, -0.25) is 9.89 Å². The fraction of sp³-hybridized carbons (Fsp3) is 0.600. The molecular formula is C15H21N5O2. The van der Waals surface area contributed by atoms with E-state index < -0.39 is 0 Å². The molecule has 2 aromatic heterocycles. The average molecular weight is 303 g/mol. The van der Waals surface area contributed by atoms with Crippen LogP contribution in [0.25, 0.3) is 0 Å². The predicted octanol–water partition coefficient (Wildman–Crippen LogP) is 1.83. The summed E-state index contributed by atoms with van der Waals surface area (Å²) in [6, 6.07) is 0. The summed E-state index contributed by atoms with van der Waals surface area (Å²) in [5.41, 5.74) is 1.14. The maximum absolute atomic E-state index is 12.3. The number of amides is 1. The van der Waals surface area contributed by atoms with E-state index in [2.05, 4.69) is 20.3 Å². The highest BCUT2D eigenvalue weighted by atomic mass is 16.5. The lowest BCUT2D eigenvalue weighted by atomic mass is 9.97. The van der Waals surface area contributed by atoms with Crippen molar-refractivity contribution in [3.8, 4) is 0 Å². The molecule has 7 nitrogen and oxygen atoms in total. The van der Waals surface area contributed by atoms with Gasteiger partial charge in [0, 0.05) is 38.5 Å². The van der Waals surface area contributed by atoms with Gasteiger partial charge in [-0.25, -0.2) is 0 Å². The number of likely N-dealkylation sites (tertiary alicyclic amines) is 1. The smallest absolute Gasteiger partial charge is 0.223 e. The normalized spacial score (nSPS) is 18.6. The Morgan fingerprint density at radius 3 is 3.18 bits per heavy atom. The molecule has 1 atom stereocenters. The van der Waals surface area contributed by atoms with Gasteiger partial charge in [-0.1, -0.05) is 5.16 Å². The summed E-state index contributed by atoms with van der Waals surface area (Å²) in [5.74, 6) is 1.73. The third kappa shape index (κ3) is 3.52. The molecule has 0 bridgehead atoms. The number of piperidine rings is 1. The third-order valence-corrected chi connectivity index (χ3v) is 4.09. The fourth-order valence-corrected chi connectivity index (χ4v) is 2.91. The van der Waals surface area contributed by atoms with Gasteiger partial charge in [-0.05, 0) is 31.2 Å². The van der Waals surface area contributed by atoms with Crippen LogP contribution in [0.4, 0.5) is 0 Å². The number of hydrogen-bond acceptors (Lipinski definition) is 5. The number of nitrogens with one attached hydrogen (secondary N) is 1. The molecule has 1 N–H and O–H groups in total. The van der Waals surface area contributed by atoms with Gasteiger partial charge in [-0.2, -0.15) is 10.1 Å². The Balaban J connectivity index is 1.49. The number of carbonyl (C=O) groups excluding carboxylic acids is 1. The van der Waals surface area contributed by atoms with Crippen molar-refractivity contribution in [2.75, 3.05) is 13.1 Å². The molecule has 2 aromatic rings. The highest BCUT2D eigenvalue weighted by molar-refractivity contribution is 5.76. The molecule has 1 aliphatic heterocycles. The van der Waals surface area contributed by atoms with Crippen LogP contribution in [0.1, 0.15) is 48.9 Å². The van der Waals surface area contributed by atoms with Gasteiger partial charge < -0.3 is 9.42 Å². The number of carbonyl (C=O) groups is 1. The first kappa shape index (κ1) is 14.7. The molecule has 1 fully saturated rings. The largest absolute Gasteiger partial charge is 0.342 e. The molecule has 0 aliphatic carbocycles. The van der Waals surface area contributed by atoms with Crippen LogP contribution in [0.5, 0.6) is 0 Å². The highest BCUT2D eigenvalue weighted by Gasteiger charge is 2.27. The van der Waals surface area contributed by atoms with Gasteiger partial charge >= 0.3 is 0 Å². The minimum absolute atomic E-state index is 0.198. The van der Waals surface area contributed by atoms with Crippen LogP contribution in [0.2, 0.25) is 0 Å². The monoisotopic (exact) mass is 303 g/mol. The Morgan fingerprint density at radius 2 is 2.45 bits per heavy atom. The molecule has 3 rings (SSSR count). The first-order valence-electron chi connectivity index (χ1n) is 7.78. The number of nitrogens with zero attached hydrogens (tertiary/aromatic N) is 4. The minimum atomic E-state index is 0.198. The fourth-order valence-electron chi connectivity index (χ4n) is 2.91. The number of aryl methyl sites for hydroxylation is 2. The molecule has 0 aromatic carbocycles. The van der Waals surface area contributed by atoms with Crippen LogP contribution in [0.15, 0.2) is 16.9 Å². The number of aromatic nitrogens is 4. The zero-order valence-electron chi connectivity index (χ0n) is 12.8. The molecule has 0 saturated carbocycles. The predicted molar refractivity (Wildman–Crippen MR) is 79.1 cm³/mol. The number of H-pyrrole nitrogens is 1. The lowest BCUT2D eigenvalue weighted by Crippen LogP contribution is -2.39. The lowest BCUT2D eigenvalue weighted by molar-refractivity contribution is -0.132. The van der Waals surface area contributed by atoms with Gasteiger partial charge in [0.2, 0.25) is 11.8 Å². The molecule has 118 valence electrons. The van der Waals surface area contributed by atoms with Crippen LogP contribution in [0.3, 0.4) is 0 Å². The second kappa shape index (κ2) is 6.72. The van der Waals surface area contributed by atoms with E-state index >= 15 is 0 Å². The van der Waals surface area contributed by atoms with Crippen LogP contribution in [-0.2, 0) is 11.2 Å². The van der Waals surface area contributed by atoms with Crippen molar-refractivity contribution in [1.82, 2.24) is 25.2 Å². The average Bonchev–Trinajstić information content (AvgIpc) is 3.19. The Morgan fingerprint density at radius 1 is 1.55 bits per heavy atom. The maximum atomic E-state index is 12.3. The number of rotatable bonds is 5. The molecule has 1 aliphatic rings. The Labute approximate surface area is 129 Å². The topological polar surface area (TPSA) is 87.9 Å². The van der Waals surface area contributed by atoms with Gasteiger partial charge in [0.05, 0.1) is 6.20 Å². The van der Waals surface area contributed by atoms with Crippen molar-refractivity contribution >= 4 is 5.91 Å². The van der Waals surface area contributed by atoms with Crippen molar-refractivity contribution in [3.63, 3.8) is 0 Å². The van der Waals surface area contributed by atoms with E-state index in [-0.39, 0.29) is 11.8 Å². The van der Waals surface area contributed by atoms with Gasteiger partial charge in [0.1, 0.15) is 0 Å². The van der Waals surface area contributed by atoms with Gasteiger partial charge in [0.25, 0.3) is 0 Å². The molecule has 0 spiro atoms. The van der Waals surface area contributed by atoms with E-state index in [1.165, 1.54) is 0 Å². The zero-order valence-corrected chi connectivity index (χ0v) is 12.8. The van der Waals surface area contributed by atoms with E-state index in [9.17, 15) is 4.79 Å². The van der Waals surface area contributed by atoms with E-state index in [0.29, 0.717) is 18.9 Å². The van der Waals surface area contributed by atoms with Gasteiger partial charge in [0.15, 0.2) is 5.82 Å². The second-order valence-corrected chi connectivity index (χ2v) is 5.81. The summed E-state index contributed by atoms with van der Waals surface area (Å²) >= 11 is 0. The van der Waals surface area contributed by atoms with E-state index in [1.807, 2.05) is 11.1 Å². The molecule has 7 heteroatoms. The Hall–Kier alpha value is -2.18. The standard InChI is InChI=1S/C15H21N5O2/c1-11-18-15(19-22-11)13-5-3-7-20(10-13)14(21)6-2-4-12-8-16-17-9-12/h8-9,13H,2-7,10H2,1H3,(H,16,17). The summed E-state index contributed by atoms with van der Waals surface area (Å²) in [6.45, 7) is 3.32. The van der Waals surface area contributed by atoms with Crippen LogP contribution >= 0.6 is 0 Å². The van der Waals surface area contributed by atoms with Crippen molar-refractivity contribution in [2.45, 2.75) is 44.9 Å². The van der Waals surface area contributed by atoms with Crippen LogP contribution in [0, 0.1) is 6.92 Å². The van der Waals surface area contributed by atoms with E-state index in [4.69, 9.17) is 4.52 Å². The molecule has 22 heavy (non-hydrogen) atoms. The van der Waals surface area contributed by atoms with Crippen molar-refractivity contribution < 1.29 is 9.32 Å². The van der Waals surface area contributed by atoms with Crippen LogP contribution < -0.4 is 0 Å². The molecule has 3 heterocycles. The van der Waals surface area contributed by atoms with Gasteiger partial charge in [-0.15, -0.1) is 0 Å². The van der Waals surface area contributed by atoms with E-state index in [0.717, 1.165) is 43.6 Å². The maximum Gasteiger partial charge on any atom is 0.223 e. The molecule has 1 amide bonds. The number of aromatic amines is 1. The highest BCUT2D eigenvalue weighted by Crippen LogP contribution is 2.25. The first-order chi connectivity index (χ1) is 10.7. The first-order valence-corrected chi connectivity index (χ1v) is 7.78. The SMILES string of the molecule is Cc1nc(C2CCCN(C(=O)CCCc3cn[nH]c3)C2)no1. The summed E-state index contributed by atoms with van der Waals surface area (Å²) < 4.78 is 5.05. The summed E-state index contributed by atoms with van der Waals surface area (Å²) in [4.78, 5) is 18.6. The molecule has 1 saturated heterocycles.